The predicted molar refractivity (Wildman–Crippen MR) is 115 cm³/mol. The second kappa shape index (κ2) is 8.92. The summed E-state index contributed by atoms with van der Waals surface area (Å²) in [5, 5.41) is 28.2. The molecule has 0 saturated carbocycles. The zero-order valence-electron chi connectivity index (χ0n) is 16.5. The van der Waals surface area contributed by atoms with E-state index in [4.69, 9.17) is 14.9 Å². The lowest BCUT2D eigenvalue weighted by Crippen LogP contribution is -2.24. The molecule has 3 N–H and O–H groups in total. The Balaban J connectivity index is 1.89. The van der Waals surface area contributed by atoms with E-state index in [0.717, 1.165) is 11.8 Å². The van der Waals surface area contributed by atoms with Crippen LogP contribution in [-0.2, 0) is 9.59 Å². The van der Waals surface area contributed by atoms with Gasteiger partial charge in [0.05, 0.1) is 10.6 Å². The molecule has 1 amide bonds. The highest BCUT2D eigenvalue weighted by Gasteiger charge is 2.31. The Morgan fingerprint density at radius 2 is 1.90 bits per heavy atom. The van der Waals surface area contributed by atoms with Crippen molar-refractivity contribution in [2.45, 2.75) is 13.0 Å². The highest BCUT2D eigenvalue weighted by molar-refractivity contribution is 8.18. The summed E-state index contributed by atoms with van der Waals surface area (Å²) in [5.74, 6) is -2.81. The number of thioether (sulfide) groups is 1. The van der Waals surface area contributed by atoms with Gasteiger partial charge in [0.1, 0.15) is 17.1 Å². The minimum absolute atomic E-state index is 0.250. The Morgan fingerprint density at radius 3 is 2.55 bits per heavy atom. The molecular weight excluding hydrogens is 424 g/mol. The van der Waals surface area contributed by atoms with Crippen molar-refractivity contribution in [3.8, 4) is 11.5 Å². The quantitative estimate of drug-likeness (QED) is 0.580. The molecule has 0 bridgehead atoms. The van der Waals surface area contributed by atoms with Crippen molar-refractivity contribution in [3.05, 3.63) is 58.5 Å². The van der Waals surface area contributed by atoms with Crippen molar-refractivity contribution >= 4 is 46.5 Å². The van der Waals surface area contributed by atoms with Crippen LogP contribution in [0.25, 0.3) is 6.08 Å². The van der Waals surface area contributed by atoms with Crippen LogP contribution >= 0.6 is 11.8 Å². The summed E-state index contributed by atoms with van der Waals surface area (Å²) in [4.78, 5) is 40.7. The minimum Gasteiger partial charge on any atom is -0.507 e. The molecule has 1 saturated heterocycles. The Bertz CT molecular complexity index is 1130. The molecule has 1 atom stereocenters. The largest absolute Gasteiger partial charge is 0.507 e. The van der Waals surface area contributed by atoms with Gasteiger partial charge in [-0.15, -0.1) is 0 Å². The third-order valence-corrected chi connectivity index (χ3v) is 5.36. The van der Waals surface area contributed by atoms with Crippen LogP contribution in [0.2, 0.25) is 0 Å². The number of nitrogens with zero attached hydrogens (tertiary/aromatic N) is 2. The van der Waals surface area contributed by atoms with E-state index in [-0.39, 0.29) is 17.2 Å². The number of carbonyl (C=O) groups is 3. The Morgan fingerprint density at radius 1 is 1.19 bits per heavy atom. The molecule has 160 valence electrons. The molecule has 3 rings (SSSR count). The van der Waals surface area contributed by atoms with Crippen LogP contribution in [0.5, 0.6) is 11.5 Å². The molecule has 2 aromatic carbocycles. The van der Waals surface area contributed by atoms with Crippen molar-refractivity contribution in [1.29, 1.82) is 0 Å². The fourth-order valence-corrected chi connectivity index (χ4v) is 3.60. The van der Waals surface area contributed by atoms with Gasteiger partial charge in [-0.1, -0.05) is 18.2 Å². The number of aliphatic imine (C=N–C) groups is 1. The van der Waals surface area contributed by atoms with Crippen molar-refractivity contribution in [2.24, 2.45) is 4.99 Å². The topological polar surface area (TPSA) is 137 Å². The van der Waals surface area contributed by atoms with Crippen LogP contribution in [-0.4, -0.2) is 56.4 Å². The molecule has 10 heteroatoms. The van der Waals surface area contributed by atoms with E-state index >= 15 is 0 Å². The van der Waals surface area contributed by atoms with Gasteiger partial charge in [-0.2, -0.15) is 0 Å². The van der Waals surface area contributed by atoms with E-state index in [1.165, 1.54) is 37.1 Å². The Kier molecular flexibility index (Phi) is 6.30. The number of likely N-dealkylation sites (N-methyl/N-ethyl adjacent to an activating group) is 1. The first-order valence-electron chi connectivity index (χ1n) is 8.98. The predicted octanol–water partition coefficient (Wildman–Crippen LogP) is 3.18. The van der Waals surface area contributed by atoms with Gasteiger partial charge in [0.15, 0.2) is 11.3 Å². The number of benzene rings is 2. The number of carboxylic acid groups (broad SMARTS) is 2. The lowest BCUT2D eigenvalue weighted by Gasteiger charge is -2.12. The van der Waals surface area contributed by atoms with Crippen LogP contribution < -0.4 is 4.74 Å². The van der Waals surface area contributed by atoms with Crippen LogP contribution in [0.1, 0.15) is 22.8 Å². The Labute approximate surface area is 181 Å². The maximum absolute atomic E-state index is 12.7. The summed E-state index contributed by atoms with van der Waals surface area (Å²) in [7, 11) is 1.54. The number of aliphatic carboxylic acids is 1. The third kappa shape index (κ3) is 4.86. The molecule has 1 aliphatic rings. The number of ether oxygens (including phenoxy) is 1. The van der Waals surface area contributed by atoms with E-state index in [2.05, 4.69) is 4.99 Å². The van der Waals surface area contributed by atoms with Crippen molar-refractivity contribution < 1.29 is 34.4 Å². The number of aromatic hydroxyl groups is 1. The number of carboxylic acids is 2. The molecule has 0 radical (unpaired) electrons. The molecule has 1 fully saturated rings. The summed E-state index contributed by atoms with van der Waals surface area (Å²) in [6, 6.07) is 10.6. The molecule has 9 nitrogen and oxygen atoms in total. The minimum atomic E-state index is -1.26. The number of amidine groups is 1. The van der Waals surface area contributed by atoms with E-state index in [9.17, 15) is 19.5 Å². The monoisotopic (exact) mass is 442 g/mol. The third-order valence-electron chi connectivity index (χ3n) is 4.30. The molecule has 2 aromatic rings. The molecule has 1 aliphatic heterocycles. The summed E-state index contributed by atoms with van der Waals surface area (Å²) in [5.41, 5.74) is 0.565. The lowest BCUT2D eigenvalue weighted by atomic mass is 10.2. The number of hydrogen-bond donors (Lipinski definition) is 3. The lowest BCUT2D eigenvalue weighted by molar-refractivity contribution is -0.144. The molecular formula is C21H18N2O7S. The van der Waals surface area contributed by atoms with Crippen LogP contribution in [0.15, 0.2) is 52.4 Å². The second-order valence-electron chi connectivity index (χ2n) is 6.51. The van der Waals surface area contributed by atoms with Gasteiger partial charge >= 0.3 is 11.9 Å². The van der Waals surface area contributed by atoms with E-state index in [1.54, 1.807) is 30.3 Å². The fraction of sp³-hybridized carbons (Fsp3) is 0.143. The SMILES string of the molecule is CC(Oc1ccccc1/C=C1\SC(=Nc2ccc(C(=O)O)c(O)c2)N(C)C1=O)C(=O)O. The molecule has 1 unspecified atom stereocenters. The first-order chi connectivity index (χ1) is 14.7. The van der Waals surface area contributed by atoms with Crippen LogP contribution in [0, 0.1) is 0 Å². The molecule has 0 aliphatic carbocycles. The summed E-state index contributed by atoms with van der Waals surface area (Å²) in [6.07, 6.45) is 0.522. The van der Waals surface area contributed by atoms with Crippen LogP contribution in [0.4, 0.5) is 5.69 Å². The van der Waals surface area contributed by atoms with Gasteiger partial charge in [-0.25, -0.2) is 14.6 Å². The maximum atomic E-state index is 12.7. The smallest absolute Gasteiger partial charge is 0.344 e. The molecule has 1 heterocycles. The highest BCUT2D eigenvalue weighted by Crippen LogP contribution is 2.35. The summed E-state index contributed by atoms with van der Waals surface area (Å²) in [6.45, 7) is 1.41. The van der Waals surface area contributed by atoms with Crippen molar-refractivity contribution in [3.63, 3.8) is 0 Å². The number of para-hydroxylation sites is 1. The summed E-state index contributed by atoms with van der Waals surface area (Å²) >= 11 is 1.08. The average Bonchev–Trinajstić information content (AvgIpc) is 2.97. The number of aromatic carboxylic acids is 1. The number of hydrogen-bond acceptors (Lipinski definition) is 7. The highest BCUT2D eigenvalue weighted by atomic mass is 32.2. The van der Waals surface area contributed by atoms with Gasteiger partial charge in [-0.3, -0.25) is 9.69 Å². The molecule has 0 spiro atoms. The Hall–Kier alpha value is -3.79. The number of amides is 1. The first kappa shape index (κ1) is 21.9. The van der Waals surface area contributed by atoms with Crippen LogP contribution in [0.3, 0.4) is 0 Å². The zero-order valence-corrected chi connectivity index (χ0v) is 17.3. The standard InChI is InChI=1S/C21H18N2O7S/c1-11(19(26)27)30-16-6-4-3-5-12(16)9-17-18(25)23(2)21(31-17)22-13-7-8-14(20(28)29)15(24)10-13/h3-11,24H,1-2H3,(H,26,27)(H,28,29)/b17-9-,22-21?. The van der Waals surface area contributed by atoms with Gasteiger partial charge in [0, 0.05) is 18.7 Å². The maximum Gasteiger partial charge on any atom is 0.344 e. The van der Waals surface area contributed by atoms with Crippen molar-refractivity contribution in [2.75, 3.05) is 7.05 Å². The van der Waals surface area contributed by atoms with Gasteiger partial charge in [0.2, 0.25) is 0 Å². The number of phenols is 1. The second-order valence-corrected chi connectivity index (χ2v) is 7.52. The van der Waals surface area contributed by atoms with Crippen molar-refractivity contribution in [1.82, 2.24) is 4.90 Å². The zero-order chi connectivity index (χ0) is 22.7. The van der Waals surface area contributed by atoms with Gasteiger partial charge in [-0.05, 0) is 43.0 Å². The molecule has 31 heavy (non-hydrogen) atoms. The van der Waals surface area contributed by atoms with Gasteiger partial charge in [0.25, 0.3) is 5.91 Å². The average molecular weight is 442 g/mol. The van der Waals surface area contributed by atoms with E-state index in [0.29, 0.717) is 21.4 Å². The number of rotatable bonds is 6. The normalized spacial score (nSPS) is 17.2. The van der Waals surface area contributed by atoms with Gasteiger partial charge < -0.3 is 20.1 Å². The van der Waals surface area contributed by atoms with E-state index in [1.807, 2.05) is 0 Å². The summed E-state index contributed by atoms with van der Waals surface area (Å²) < 4.78 is 5.46. The number of carbonyl (C=O) groups excluding carboxylic acids is 1. The molecule has 0 aromatic heterocycles. The fourth-order valence-electron chi connectivity index (χ4n) is 2.62. The first-order valence-corrected chi connectivity index (χ1v) is 9.80. The van der Waals surface area contributed by atoms with E-state index < -0.39 is 23.8 Å².